The Labute approximate surface area is 92.3 Å². The Morgan fingerprint density at radius 2 is 2.27 bits per heavy atom. The predicted octanol–water partition coefficient (Wildman–Crippen LogP) is 2.74. The number of hydrogen-bond donors (Lipinski definition) is 0. The van der Waals surface area contributed by atoms with Crippen molar-refractivity contribution in [2.45, 2.75) is 19.2 Å². The lowest BCUT2D eigenvalue weighted by atomic mass is 10.2. The van der Waals surface area contributed by atoms with E-state index in [1.807, 2.05) is 19.1 Å². The molecule has 15 heavy (non-hydrogen) atoms. The molecule has 0 aliphatic carbocycles. The molecule has 2 aromatic heterocycles. The number of pyridine rings is 1. The topological polar surface area (TPSA) is 51.8 Å². The molecule has 0 aromatic carbocycles. The maximum absolute atomic E-state index is 5.84. The summed E-state index contributed by atoms with van der Waals surface area (Å²) in [6.07, 6.45) is 1.72. The first-order chi connectivity index (χ1) is 7.18. The third-order valence-corrected chi connectivity index (χ3v) is 2.23. The summed E-state index contributed by atoms with van der Waals surface area (Å²) in [7, 11) is 0. The second kappa shape index (κ2) is 3.98. The van der Waals surface area contributed by atoms with Crippen LogP contribution in [0.2, 0.25) is 0 Å². The first-order valence-electron chi connectivity index (χ1n) is 4.58. The summed E-state index contributed by atoms with van der Waals surface area (Å²) in [5.41, 5.74) is 1.70. The van der Waals surface area contributed by atoms with Crippen molar-refractivity contribution in [1.29, 1.82) is 0 Å². The van der Waals surface area contributed by atoms with Crippen LogP contribution < -0.4 is 0 Å². The summed E-state index contributed by atoms with van der Waals surface area (Å²) in [5.74, 6) is 0.956. The Balaban J connectivity index is 2.42. The normalized spacial score (nSPS) is 12.7. The van der Waals surface area contributed by atoms with Crippen LogP contribution in [0.1, 0.15) is 23.8 Å². The van der Waals surface area contributed by atoms with Crippen molar-refractivity contribution in [2.75, 3.05) is 0 Å². The lowest BCUT2D eigenvalue weighted by Gasteiger charge is -1.96. The molecule has 5 heteroatoms. The molecule has 0 fully saturated rings. The minimum absolute atomic E-state index is 0.250. The van der Waals surface area contributed by atoms with Crippen molar-refractivity contribution >= 4 is 11.6 Å². The summed E-state index contributed by atoms with van der Waals surface area (Å²) in [5, 5.41) is 3.54. The second-order valence-electron chi connectivity index (χ2n) is 3.21. The van der Waals surface area contributed by atoms with Crippen LogP contribution in [0.4, 0.5) is 0 Å². The molecule has 0 saturated carbocycles. The van der Waals surface area contributed by atoms with Gasteiger partial charge in [0.25, 0.3) is 5.89 Å². The lowest BCUT2D eigenvalue weighted by molar-refractivity contribution is 0.422. The van der Waals surface area contributed by atoms with Gasteiger partial charge in [0.1, 0.15) is 0 Å². The largest absolute Gasteiger partial charge is 0.334 e. The van der Waals surface area contributed by atoms with Crippen LogP contribution in [0, 0.1) is 6.92 Å². The fourth-order valence-corrected chi connectivity index (χ4v) is 1.30. The molecule has 0 amide bonds. The number of rotatable bonds is 2. The van der Waals surface area contributed by atoms with Gasteiger partial charge >= 0.3 is 0 Å². The highest BCUT2D eigenvalue weighted by molar-refractivity contribution is 6.20. The average molecular weight is 224 g/mol. The predicted molar refractivity (Wildman–Crippen MR) is 56.5 cm³/mol. The molecule has 0 spiro atoms. The number of alkyl halides is 1. The third-order valence-electron chi connectivity index (χ3n) is 2.03. The van der Waals surface area contributed by atoms with Gasteiger partial charge < -0.3 is 4.52 Å². The van der Waals surface area contributed by atoms with Gasteiger partial charge in [0.15, 0.2) is 5.82 Å². The van der Waals surface area contributed by atoms with E-state index in [1.165, 1.54) is 0 Å². The molecule has 4 nitrogen and oxygen atoms in total. The van der Waals surface area contributed by atoms with Crippen LogP contribution in [-0.4, -0.2) is 15.1 Å². The zero-order valence-electron chi connectivity index (χ0n) is 8.44. The van der Waals surface area contributed by atoms with E-state index in [0.29, 0.717) is 11.7 Å². The van der Waals surface area contributed by atoms with Gasteiger partial charge in [0, 0.05) is 11.9 Å². The zero-order valence-corrected chi connectivity index (χ0v) is 9.19. The highest BCUT2D eigenvalue weighted by atomic mass is 35.5. The van der Waals surface area contributed by atoms with Gasteiger partial charge in [0.2, 0.25) is 0 Å². The fourth-order valence-electron chi connectivity index (χ4n) is 1.22. The maximum atomic E-state index is 5.84. The molecule has 2 aromatic rings. The maximum Gasteiger partial charge on any atom is 0.259 e. The van der Waals surface area contributed by atoms with Crippen molar-refractivity contribution in [1.82, 2.24) is 15.1 Å². The number of hydrogen-bond acceptors (Lipinski definition) is 4. The van der Waals surface area contributed by atoms with E-state index in [-0.39, 0.29) is 5.38 Å². The highest BCUT2D eigenvalue weighted by Crippen LogP contribution is 2.23. The van der Waals surface area contributed by atoms with Crippen LogP contribution in [0.25, 0.3) is 11.5 Å². The van der Waals surface area contributed by atoms with Crippen LogP contribution in [-0.2, 0) is 0 Å². The van der Waals surface area contributed by atoms with Crippen LogP contribution in [0.3, 0.4) is 0 Å². The molecule has 2 heterocycles. The van der Waals surface area contributed by atoms with Gasteiger partial charge in [-0.15, -0.1) is 11.6 Å². The van der Waals surface area contributed by atoms with E-state index in [9.17, 15) is 0 Å². The molecule has 1 unspecified atom stereocenters. The number of aromatic nitrogens is 3. The second-order valence-corrected chi connectivity index (χ2v) is 3.86. The molecule has 0 aliphatic heterocycles. The molecule has 2 rings (SSSR count). The van der Waals surface area contributed by atoms with E-state index < -0.39 is 0 Å². The van der Waals surface area contributed by atoms with Gasteiger partial charge in [-0.1, -0.05) is 5.16 Å². The monoisotopic (exact) mass is 223 g/mol. The van der Waals surface area contributed by atoms with E-state index in [1.54, 1.807) is 13.1 Å². The van der Waals surface area contributed by atoms with E-state index in [2.05, 4.69) is 15.1 Å². The summed E-state index contributed by atoms with van der Waals surface area (Å²) >= 11 is 5.84. The van der Waals surface area contributed by atoms with E-state index in [0.717, 1.165) is 11.3 Å². The molecular formula is C10H10ClN3O. The van der Waals surface area contributed by atoms with Crippen LogP contribution >= 0.6 is 11.6 Å². The molecule has 0 radical (unpaired) electrons. The molecular weight excluding hydrogens is 214 g/mol. The molecule has 0 bridgehead atoms. The van der Waals surface area contributed by atoms with Crippen molar-refractivity contribution in [3.05, 3.63) is 29.8 Å². The molecule has 1 atom stereocenters. The lowest BCUT2D eigenvalue weighted by Crippen LogP contribution is -1.89. The Bertz CT molecular complexity index is 467. The van der Waals surface area contributed by atoms with Crippen LogP contribution in [0.5, 0.6) is 0 Å². The summed E-state index contributed by atoms with van der Waals surface area (Å²) in [4.78, 5) is 8.34. The SMILES string of the molecule is Cc1ncccc1-c1nc(C(C)Cl)no1. The van der Waals surface area contributed by atoms with Gasteiger partial charge in [-0.25, -0.2) is 0 Å². The number of halogens is 1. The molecule has 0 saturated heterocycles. The average Bonchev–Trinajstić information content (AvgIpc) is 2.67. The third kappa shape index (κ3) is 1.99. The van der Waals surface area contributed by atoms with E-state index >= 15 is 0 Å². The Morgan fingerprint density at radius 3 is 2.87 bits per heavy atom. The minimum atomic E-state index is -0.250. The minimum Gasteiger partial charge on any atom is -0.334 e. The summed E-state index contributed by atoms with van der Waals surface area (Å²) < 4.78 is 5.11. The Morgan fingerprint density at radius 1 is 1.47 bits per heavy atom. The van der Waals surface area contributed by atoms with Crippen molar-refractivity contribution in [3.8, 4) is 11.5 Å². The van der Waals surface area contributed by atoms with Gasteiger partial charge in [-0.3, -0.25) is 4.98 Å². The zero-order chi connectivity index (χ0) is 10.8. The molecule has 0 N–H and O–H groups in total. The van der Waals surface area contributed by atoms with Crippen molar-refractivity contribution < 1.29 is 4.52 Å². The van der Waals surface area contributed by atoms with Gasteiger partial charge in [0.05, 0.1) is 10.9 Å². The molecule has 78 valence electrons. The van der Waals surface area contributed by atoms with Gasteiger partial charge in [-0.05, 0) is 26.0 Å². The van der Waals surface area contributed by atoms with Crippen LogP contribution in [0.15, 0.2) is 22.9 Å². The number of aryl methyl sites for hydroxylation is 1. The Hall–Kier alpha value is -1.42. The number of nitrogens with zero attached hydrogens (tertiary/aromatic N) is 3. The summed E-state index contributed by atoms with van der Waals surface area (Å²) in [6.45, 7) is 3.69. The fraction of sp³-hybridized carbons (Fsp3) is 0.300. The highest BCUT2D eigenvalue weighted by Gasteiger charge is 2.14. The Kier molecular flexibility index (Phi) is 2.68. The quantitative estimate of drug-likeness (QED) is 0.735. The van der Waals surface area contributed by atoms with E-state index in [4.69, 9.17) is 16.1 Å². The standard InChI is InChI=1S/C10H10ClN3O/c1-6(11)9-13-10(15-14-9)8-4-3-5-12-7(8)2/h3-6H,1-2H3. The van der Waals surface area contributed by atoms with Crippen molar-refractivity contribution in [3.63, 3.8) is 0 Å². The molecule has 0 aliphatic rings. The first kappa shape index (κ1) is 10.1. The van der Waals surface area contributed by atoms with Crippen molar-refractivity contribution in [2.24, 2.45) is 0 Å². The smallest absolute Gasteiger partial charge is 0.259 e. The first-order valence-corrected chi connectivity index (χ1v) is 5.02. The summed E-state index contributed by atoms with van der Waals surface area (Å²) in [6, 6.07) is 3.72. The van der Waals surface area contributed by atoms with Gasteiger partial charge in [-0.2, -0.15) is 4.98 Å².